The molecule has 0 aromatic heterocycles. The van der Waals surface area contributed by atoms with Crippen molar-refractivity contribution in [1.29, 1.82) is 0 Å². The van der Waals surface area contributed by atoms with Gasteiger partial charge in [-0.2, -0.15) is 0 Å². The van der Waals surface area contributed by atoms with E-state index in [0.717, 1.165) is 0 Å². The molecule has 0 unspecified atom stereocenters. The van der Waals surface area contributed by atoms with Crippen molar-refractivity contribution < 1.29 is 0 Å². The number of rotatable bonds is 5. The molecule has 2 atom stereocenters. The summed E-state index contributed by atoms with van der Waals surface area (Å²) in [7, 11) is 0. The molecule has 0 spiro atoms. The fourth-order valence-electron chi connectivity index (χ4n) is 3.62. The maximum absolute atomic E-state index is 3.60. The molecule has 0 radical (unpaired) electrons. The predicted octanol–water partition coefficient (Wildman–Crippen LogP) is 3.97. The number of hydrogen-bond acceptors (Lipinski definition) is 2. The van der Waals surface area contributed by atoms with Gasteiger partial charge in [0.15, 0.2) is 0 Å². The van der Waals surface area contributed by atoms with E-state index in [1.54, 1.807) is 0 Å². The third-order valence-electron chi connectivity index (χ3n) is 4.63. The van der Waals surface area contributed by atoms with Gasteiger partial charge in [0.2, 0.25) is 0 Å². The van der Waals surface area contributed by atoms with Crippen molar-refractivity contribution in [2.75, 3.05) is 19.6 Å². The van der Waals surface area contributed by atoms with Crippen LogP contribution in [0.5, 0.6) is 0 Å². The minimum atomic E-state index is 0.615. The number of piperazine rings is 1. The van der Waals surface area contributed by atoms with Crippen LogP contribution in [0.25, 0.3) is 11.1 Å². The van der Waals surface area contributed by atoms with Crippen LogP contribution in [-0.4, -0.2) is 36.6 Å². The van der Waals surface area contributed by atoms with Crippen molar-refractivity contribution in [3.05, 3.63) is 60.2 Å². The summed E-state index contributed by atoms with van der Waals surface area (Å²) in [5.74, 6) is 0. The average molecular weight is 308 g/mol. The molecule has 23 heavy (non-hydrogen) atoms. The Morgan fingerprint density at radius 2 is 1.48 bits per heavy atom. The highest BCUT2D eigenvalue weighted by molar-refractivity contribution is 5.63. The molecule has 2 heteroatoms. The van der Waals surface area contributed by atoms with E-state index >= 15 is 0 Å². The molecular formula is C21H28N2. The van der Waals surface area contributed by atoms with E-state index in [2.05, 4.69) is 78.7 Å². The van der Waals surface area contributed by atoms with E-state index < -0.39 is 0 Å². The molecule has 2 aromatic carbocycles. The number of benzene rings is 2. The lowest BCUT2D eigenvalue weighted by Gasteiger charge is -2.36. The van der Waals surface area contributed by atoms with Crippen LogP contribution >= 0.6 is 0 Å². The molecule has 0 saturated carbocycles. The van der Waals surface area contributed by atoms with Crippen LogP contribution in [0.3, 0.4) is 0 Å². The number of nitrogens with zero attached hydrogens (tertiary/aromatic N) is 1. The van der Waals surface area contributed by atoms with Crippen molar-refractivity contribution >= 4 is 0 Å². The van der Waals surface area contributed by atoms with Gasteiger partial charge in [0, 0.05) is 25.2 Å². The van der Waals surface area contributed by atoms with Gasteiger partial charge in [0.25, 0.3) is 0 Å². The highest BCUT2D eigenvalue weighted by atomic mass is 15.2. The van der Waals surface area contributed by atoms with E-state index in [9.17, 15) is 0 Å². The zero-order chi connectivity index (χ0) is 16.1. The third-order valence-corrected chi connectivity index (χ3v) is 4.63. The third kappa shape index (κ3) is 4.66. The van der Waals surface area contributed by atoms with Gasteiger partial charge in [-0.15, -0.1) is 0 Å². The van der Waals surface area contributed by atoms with E-state index in [1.807, 2.05) is 0 Å². The van der Waals surface area contributed by atoms with E-state index in [1.165, 1.54) is 49.2 Å². The zero-order valence-electron chi connectivity index (χ0n) is 14.3. The molecule has 0 bridgehead atoms. The van der Waals surface area contributed by atoms with Crippen molar-refractivity contribution in [2.45, 2.75) is 38.8 Å². The summed E-state index contributed by atoms with van der Waals surface area (Å²) in [6, 6.07) is 20.9. The molecule has 1 saturated heterocycles. The van der Waals surface area contributed by atoms with Crippen LogP contribution < -0.4 is 5.32 Å². The fraction of sp³-hybridized carbons (Fsp3) is 0.429. The fourth-order valence-corrected chi connectivity index (χ4v) is 3.62. The lowest BCUT2D eigenvalue weighted by molar-refractivity contribution is 0.172. The van der Waals surface area contributed by atoms with E-state index in [-0.39, 0.29) is 0 Å². The molecule has 0 amide bonds. The zero-order valence-corrected chi connectivity index (χ0v) is 14.3. The molecule has 1 heterocycles. The van der Waals surface area contributed by atoms with Crippen molar-refractivity contribution in [3.63, 3.8) is 0 Å². The van der Waals surface area contributed by atoms with Crippen LogP contribution in [0.1, 0.15) is 25.8 Å². The first-order valence-corrected chi connectivity index (χ1v) is 8.83. The lowest BCUT2D eigenvalue weighted by atomic mass is 10.0. The second kappa shape index (κ2) is 7.76. The summed E-state index contributed by atoms with van der Waals surface area (Å²) in [5, 5.41) is 3.60. The Morgan fingerprint density at radius 1 is 0.870 bits per heavy atom. The minimum Gasteiger partial charge on any atom is -0.309 e. The Kier molecular flexibility index (Phi) is 5.47. The monoisotopic (exact) mass is 308 g/mol. The largest absolute Gasteiger partial charge is 0.309 e. The number of hydrogen-bond donors (Lipinski definition) is 1. The average Bonchev–Trinajstić information content (AvgIpc) is 2.55. The summed E-state index contributed by atoms with van der Waals surface area (Å²) in [6.45, 7) is 8.13. The molecular weight excluding hydrogens is 280 g/mol. The Bertz CT molecular complexity index is 581. The maximum Gasteiger partial charge on any atom is 0.0169 e. The van der Waals surface area contributed by atoms with Crippen molar-refractivity contribution in [2.24, 2.45) is 0 Å². The second-order valence-corrected chi connectivity index (χ2v) is 6.89. The lowest BCUT2D eigenvalue weighted by Crippen LogP contribution is -2.54. The van der Waals surface area contributed by atoms with Crippen molar-refractivity contribution in [3.8, 4) is 11.1 Å². The van der Waals surface area contributed by atoms with Crippen LogP contribution in [0.15, 0.2) is 54.6 Å². The SMILES string of the molecule is C[C@@H]1CN(CCCc2ccc(-c3ccccc3)cc2)C[C@H](C)N1. The topological polar surface area (TPSA) is 15.3 Å². The highest BCUT2D eigenvalue weighted by Gasteiger charge is 2.19. The predicted molar refractivity (Wildman–Crippen MR) is 98.7 cm³/mol. The first-order chi connectivity index (χ1) is 11.2. The van der Waals surface area contributed by atoms with Gasteiger partial charge in [-0.25, -0.2) is 0 Å². The Balaban J connectivity index is 1.49. The number of aryl methyl sites for hydroxylation is 1. The van der Waals surface area contributed by atoms with Gasteiger partial charge in [0.1, 0.15) is 0 Å². The van der Waals surface area contributed by atoms with Gasteiger partial charge in [0.05, 0.1) is 0 Å². The second-order valence-electron chi connectivity index (χ2n) is 6.89. The standard InChI is InChI=1S/C21H28N2/c1-17-15-23(16-18(2)22-17)14-6-7-19-10-12-21(13-11-19)20-8-4-3-5-9-20/h3-5,8-13,17-18,22H,6-7,14-16H2,1-2H3/t17-,18+. The normalized spacial score (nSPS) is 22.2. The Labute approximate surface area is 140 Å². The van der Waals surface area contributed by atoms with Crippen LogP contribution in [0.2, 0.25) is 0 Å². The van der Waals surface area contributed by atoms with Gasteiger partial charge >= 0.3 is 0 Å². The summed E-state index contributed by atoms with van der Waals surface area (Å²) >= 11 is 0. The molecule has 122 valence electrons. The molecule has 1 aliphatic rings. The summed E-state index contributed by atoms with van der Waals surface area (Å²) in [4.78, 5) is 2.60. The van der Waals surface area contributed by atoms with E-state index in [4.69, 9.17) is 0 Å². The first kappa shape index (κ1) is 16.2. The summed E-state index contributed by atoms with van der Waals surface area (Å²) in [5.41, 5.74) is 4.04. The van der Waals surface area contributed by atoms with Gasteiger partial charge in [-0.05, 0) is 49.9 Å². The van der Waals surface area contributed by atoms with Crippen LogP contribution in [0.4, 0.5) is 0 Å². The van der Waals surface area contributed by atoms with E-state index in [0.29, 0.717) is 12.1 Å². The highest BCUT2D eigenvalue weighted by Crippen LogP contribution is 2.19. The van der Waals surface area contributed by atoms with Crippen LogP contribution in [-0.2, 0) is 6.42 Å². The van der Waals surface area contributed by atoms with Crippen LogP contribution in [0, 0.1) is 0 Å². The molecule has 0 aliphatic carbocycles. The van der Waals surface area contributed by atoms with Gasteiger partial charge in [-0.1, -0.05) is 54.6 Å². The Morgan fingerprint density at radius 3 is 2.13 bits per heavy atom. The molecule has 1 aliphatic heterocycles. The summed E-state index contributed by atoms with van der Waals surface area (Å²) < 4.78 is 0. The number of nitrogens with one attached hydrogen (secondary N) is 1. The molecule has 3 rings (SSSR count). The Hall–Kier alpha value is -1.64. The molecule has 1 fully saturated rings. The van der Waals surface area contributed by atoms with Gasteiger partial charge in [-0.3, -0.25) is 0 Å². The molecule has 2 nitrogen and oxygen atoms in total. The van der Waals surface area contributed by atoms with Crippen molar-refractivity contribution in [1.82, 2.24) is 10.2 Å². The minimum absolute atomic E-state index is 0.615. The van der Waals surface area contributed by atoms with Gasteiger partial charge < -0.3 is 10.2 Å². The molecule has 1 N–H and O–H groups in total. The smallest absolute Gasteiger partial charge is 0.0169 e. The molecule has 2 aromatic rings. The maximum atomic E-state index is 3.60. The quantitative estimate of drug-likeness (QED) is 0.899. The first-order valence-electron chi connectivity index (χ1n) is 8.83. The summed E-state index contributed by atoms with van der Waals surface area (Å²) in [6.07, 6.45) is 2.41.